The molecule has 1 spiro atoms. The first-order valence-electron chi connectivity index (χ1n) is 8.62. The maximum atomic E-state index is 12.7. The molecule has 6 heteroatoms. The third-order valence-corrected chi connectivity index (χ3v) is 5.41. The summed E-state index contributed by atoms with van der Waals surface area (Å²) in [5, 5.41) is 4.27. The van der Waals surface area contributed by atoms with Crippen LogP contribution in [0.25, 0.3) is 0 Å². The van der Waals surface area contributed by atoms with E-state index in [-0.39, 0.29) is 5.91 Å². The summed E-state index contributed by atoms with van der Waals surface area (Å²) in [5.41, 5.74) is 0.883. The van der Waals surface area contributed by atoms with E-state index >= 15 is 0 Å². The van der Waals surface area contributed by atoms with E-state index in [1.807, 2.05) is 24.2 Å². The van der Waals surface area contributed by atoms with Gasteiger partial charge in [-0.2, -0.15) is 5.10 Å². The smallest absolute Gasteiger partial charge is 0.274 e. The van der Waals surface area contributed by atoms with Crippen LogP contribution >= 0.6 is 0 Å². The molecule has 1 aromatic rings. The summed E-state index contributed by atoms with van der Waals surface area (Å²) in [6, 6.07) is 1.82. The summed E-state index contributed by atoms with van der Waals surface area (Å²) in [5.74, 6) is 0.0893. The van der Waals surface area contributed by atoms with Crippen molar-refractivity contribution in [2.75, 3.05) is 46.4 Å². The fourth-order valence-electron chi connectivity index (χ4n) is 3.95. The number of carbonyl (C=O) groups excluding carboxylic acids is 1. The highest BCUT2D eigenvalue weighted by Crippen LogP contribution is 2.40. The summed E-state index contributed by atoms with van der Waals surface area (Å²) in [4.78, 5) is 17.2. The third kappa shape index (κ3) is 3.75. The Hall–Kier alpha value is -1.40. The summed E-state index contributed by atoms with van der Waals surface area (Å²) < 4.78 is 6.87. The molecule has 0 unspecified atom stereocenters. The third-order valence-electron chi connectivity index (χ3n) is 5.41. The molecule has 0 N–H and O–H groups in total. The van der Waals surface area contributed by atoms with Gasteiger partial charge >= 0.3 is 0 Å². The van der Waals surface area contributed by atoms with Crippen LogP contribution in [0.4, 0.5) is 0 Å². The van der Waals surface area contributed by atoms with Crippen molar-refractivity contribution in [1.82, 2.24) is 19.6 Å². The van der Waals surface area contributed by atoms with Gasteiger partial charge in [-0.3, -0.25) is 9.48 Å². The number of hydrogen-bond acceptors (Lipinski definition) is 4. The second-order valence-corrected chi connectivity index (χ2v) is 7.04. The van der Waals surface area contributed by atoms with E-state index in [0.29, 0.717) is 11.1 Å². The predicted octanol–water partition coefficient (Wildman–Crippen LogP) is 1.38. The first-order valence-corrected chi connectivity index (χ1v) is 8.62. The van der Waals surface area contributed by atoms with Gasteiger partial charge in [0.15, 0.2) is 0 Å². The normalized spacial score (nSPS) is 21.7. The van der Waals surface area contributed by atoms with E-state index in [2.05, 4.69) is 10.00 Å². The molecule has 0 radical (unpaired) electrons. The van der Waals surface area contributed by atoms with Crippen LogP contribution in [0.3, 0.4) is 0 Å². The molecule has 2 aliphatic rings. The number of piperidine rings is 2. The van der Waals surface area contributed by atoms with Crippen molar-refractivity contribution < 1.29 is 9.53 Å². The van der Waals surface area contributed by atoms with Gasteiger partial charge in [-0.05, 0) is 50.3 Å². The van der Waals surface area contributed by atoms with E-state index in [0.717, 1.165) is 45.8 Å². The second kappa shape index (κ2) is 7.01. The maximum absolute atomic E-state index is 12.7. The molecule has 128 valence electrons. The number of nitrogens with zero attached hydrogens (tertiary/aromatic N) is 4. The minimum Gasteiger partial charge on any atom is -0.383 e. The van der Waals surface area contributed by atoms with Gasteiger partial charge in [0.25, 0.3) is 5.91 Å². The molecule has 1 aromatic heterocycles. The highest BCUT2D eigenvalue weighted by molar-refractivity contribution is 5.92. The molecule has 2 aliphatic heterocycles. The van der Waals surface area contributed by atoms with Crippen molar-refractivity contribution in [1.29, 1.82) is 0 Å². The lowest BCUT2D eigenvalue weighted by Crippen LogP contribution is -2.51. The molecule has 0 saturated carbocycles. The van der Waals surface area contributed by atoms with E-state index in [1.165, 1.54) is 19.3 Å². The van der Waals surface area contributed by atoms with Gasteiger partial charge in [-0.1, -0.05) is 0 Å². The summed E-state index contributed by atoms with van der Waals surface area (Å²) in [6.45, 7) is 5.81. The van der Waals surface area contributed by atoms with Crippen molar-refractivity contribution in [3.8, 4) is 0 Å². The zero-order chi connectivity index (χ0) is 16.3. The first kappa shape index (κ1) is 16.5. The lowest BCUT2D eigenvalue weighted by molar-refractivity contribution is 0.0162. The number of methoxy groups -OCH3 is 1. The Morgan fingerprint density at radius 2 is 2.09 bits per heavy atom. The van der Waals surface area contributed by atoms with Crippen LogP contribution in [0, 0.1) is 5.41 Å². The lowest BCUT2D eigenvalue weighted by atomic mass is 9.72. The number of aromatic nitrogens is 2. The van der Waals surface area contributed by atoms with E-state index in [9.17, 15) is 4.79 Å². The fraction of sp³-hybridized carbons (Fsp3) is 0.765. The van der Waals surface area contributed by atoms with Crippen LogP contribution in [-0.4, -0.2) is 71.9 Å². The van der Waals surface area contributed by atoms with Gasteiger partial charge in [-0.15, -0.1) is 0 Å². The lowest BCUT2D eigenvalue weighted by Gasteiger charge is -2.47. The summed E-state index contributed by atoms with van der Waals surface area (Å²) in [6.07, 6.45) is 6.56. The fourth-order valence-corrected chi connectivity index (χ4v) is 3.95. The minimum absolute atomic E-state index is 0.0893. The van der Waals surface area contributed by atoms with Crippen LogP contribution in [0.1, 0.15) is 36.2 Å². The Bertz CT molecular complexity index is 534. The van der Waals surface area contributed by atoms with Crippen LogP contribution in [0.5, 0.6) is 0 Å². The van der Waals surface area contributed by atoms with Gasteiger partial charge in [-0.25, -0.2) is 0 Å². The monoisotopic (exact) mass is 320 g/mol. The highest BCUT2D eigenvalue weighted by Gasteiger charge is 2.39. The number of rotatable bonds is 4. The van der Waals surface area contributed by atoms with E-state index < -0.39 is 0 Å². The number of carbonyl (C=O) groups is 1. The molecule has 2 fully saturated rings. The Labute approximate surface area is 138 Å². The first-order chi connectivity index (χ1) is 11.1. The topological polar surface area (TPSA) is 50.6 Å². The van der Waals surface area contributed by atoms with Crippen molar-refractivity contribution in [3.63, 3.8) is 0 Å². The summed E-state index contributed by atoms with van der Waals surface area (Å²) >= 11 is 0. The average Bonchev–Trinajstić information content (AvgIpc) is 3.00. The molecular formula is C17H28N4O2. The number of ether oxygens (including phenoxy) is 1. The van der Waals surface area contributed by atoms with Crippen molar-refractivity contribution >= 4 is 5.91 Å². The Balaban J connectivity index is 1.59. The molecular weight excluding hydrogens is 292 g/mol. The minimum atomic E-state index is 0.0893. The van der Waals surface area contributed by atoms with Gasteiger partial charge in [0.2, 0.25) is 0 Å². The van der Waals surface area contributed by atoms with Crippen LogP contribution in [0.2, 0.25) is 0 Å². The number of amides is 1. The van der Waals surface area contributed by atoms with Gasteiger partial charge in [0.05, 0.1) is 6.61 Å². The Morgan fingerprint density at radius 3 is 2.74 bits per heavy atom. The van der Waals surface area contributed by atoms with Gasteiger partial charge in [0.1, 0.15) is 5.69 Å². The quantitative estimate of drug-likeness (QED) is 0.841. The second-order valence-electron chi connectivity index (χ2n) is 7.04. The van der Waals surface area contributed by atoms with Crippen LogP contribution in [0.15, 0.2) is 12.3 Å². The number of hydrogen-bond donors (Lipinski definition) is 0. The molecule has 0 bridgehead atoms. The van der Waals surface area contributed by atoms with Gasteiger partial charge < -0.3 is 14.5 Å². The number of aryl methyl sites for hydroxylation is 1. The molecule has 23 heavy (non-hydrogen) atoms. The Kier molecular flexibility index (Phi) is 5.02. The SMILES string of the molecule is COCCN1CCC2(CCCN(C(=O)c3ccn(C)n3)C2)CC1. The maximum Gasteiger partial charge on any atom is 0.274 e. The molecule has 0 aliphatic carbocycles. The van der Waals surface area contributed by atoms with Crippen LogP contribution in [-0.2, 0) is 11.8 Å². The standard InChI is InChI=1S/C17H28N4O2/c1-19-9-4-15(18-19)16(22)21-8-3-5-17(14-21)6-10-20(11-7-17)12-13-23-2/h4,9H,3,5-8,10-14H2,1-2H3. The molecule has 0 aromatic carbocycles. The van der Waals surface area contributed by atoms with Crippen molar-refractivity contribution in [2.24, 2.45) is 12.5 Å². The highest BCUT2D eigenvalue weighted by atomic mass is 16.5. The predicted molar refractivity (Wildman–Crippen MR) is 88.3 cm³/mol. The largest absolute Gasteiger partial charge is 0.383 e. The molecule has 0 atom stereocenters. The zero-order valence-electron chi connectivity index (χ0n) is 14.3. The molecule has 3 heterocycles. The number of likely N-dealkylation sites (tertiary alicyclic amines) is 2. The van der Waals surface area contributed by atoms with Crippen LogP contribution < -0.4 is 0 Å². The zero-order valence-corrected chi connectivity index (χ0v) is 14.3. The van der Waals surface area contributed by atoms with E-state index in [4.69, 9.17) is 4.74 Å². The molecule has 3 rings (SSSR count). The molecule has 6 nitrogen and oxygen atoms in total. The molecule has 1 amide bonds. The van der Waals surface area contributed by atoms with Gasteiger partial charge in [0, 0.05) is 40.0 Å². The van der Waals surface area contributed by atoms with Crippen molar-refractivity contribution in [2.45, 2.75) is 25.7 Å². The summed E-state index contributed by atoms with van der Waals surface area (Å²) in [7, 11) is 3.61. The Morgan fingerprint density at radius 1 is 1.30 bits per heavy atom. The average molecular weight is 320 g/mol. The molecule has 2 saturated heterocycles. The van der Waals surface area contributed by atoms with Crippen molar-refractivity contribution in [3.05, 3.63) is 18.0 Å². The van der Waals surface area contributed by atoms with E-state index in [1.54, 1.807) is 11.8 Å².